The second kappa shape index (κ2) is 28.8. The molecule has 0 N–H and O–H groups in total. The van der Waals surface area contributed by atoms with Crippen LogP contribution in [0.15, 0.2) is 0 Å². The summed E-state index contributed by atoms with van der Waals surface area (Å²) in [4.78, 5) is 23.0. The van der Waals surface area contributed by atoms with Gasteiger partial charge >= 0.3 is 11.9 Å². The monoisotopic (exact) mass is 650 g/mol. The maximum absolute atomic E-state index is 11.6. The minimum Gasteiger partial charge on any atom is -0.467 e. The second-order valence-corrected chi connectivity index (χ2v) is 11.6. The number of unbranched alkanes of at least 4 members (excludes halogenated alkanes) is 9. The number of carbonyl (C=O) groups excluding carboxylic acids is 2. The molecule has 12 nitrogen and oxygen atoms in total. The number of esters is 2. The molecule has 12 heteroatoms. The molecule has 3 atom stereocenters. The molecule has 3 unspecified atom stereocenters. The predicted molar refractivity (Wildman–Crippen MR) is 168 cm³/mol. The third kappa shape index (κ3) is 24.5. The van der Waals surface area contributed by atoms with Gasteiger partial charge in [0, 0.05) is 0 Å². The molecule has 0 spiro atoms. The summed E-state index contributed by atoms with van der Waals surface area (Å²) < 4.78 is 55.8. The number of ether oxygens (including phenoxy) is 10. The Morgan fingerprint density at radius 1 is 0.733 bits per heavy atom. The molecule has 1 heterocycles. The zero-order valence-electron chi connectivity index (χ0n) is 28.5. The second-order valence-electron chi connectivity index (χ2n) is 11.6. The summed E-state index contributed by atoms with van der Waals surface area (Å²) >= 11 is 0. The van der Waals surface area contributed by atoms with Gasteiger partial charge in [0.15, 0.2) is 0 Å². The number of carbonyl (C=O) groups is 2. The SMILES string of the molecule is CCCCCCCCCCCCC1COCCOCCOCC(C)(COCC(COCC(=O)OC)OCC(=O)OC)OCCO1. The van der Waals surface area contributed by atoms with Gasteiger partial charge in [0.2, 0.25) is 0 Å². The van der Waals surface area contributed by atoms with Gasteiger partial charge in [-0.05, 0) is 13.3 Å². The third-order valence-corrected chi connectivity index (χ3v) is 7.35. The van der Waals surface area contributed by atoms with Crippen LogP contribution in [0.1, 0.15) is 84.5 Å². The summed E-state index contributed by atoms with van der Waals surface area (Å²) in [5.41, 5.74) is -0.772. The molecule has 0 aromatic heterocycles. The molecule has 0 bridgehead atoms. The molecule has 0 radical (unpaired) electrons. The van der Waals surface area contributed by atoms with Crippen molar-refractivity contribution in [2.75, 3.05) is 100 Å². The van der Waals surface area contributed by atoms with E-state index in [2.05, 4.69) is 16.4 Å². The first-order valence-electron chi connectivity index (χ1n) is 16.8. The number of hydrogen-bond donors (Lipinski definition) is 0. The van der Waals surface area contributed by atoms with Crippen molar-refractivity contribution in [3.05, 3.63) is 0 Å². The van der Waals surface area contributed by atoms with Crippen LogP contribution < -0.4 is 0 Å². The van der Waals surface area contributed by atoms with Crippen LogP contribution in [0.2, 0.25) is 0 Å². The smallest absolute Gasteiger partial charge is 0.331 e. The van der Waals surface area contributed by atoms with Crippen LogP contribution in [-0.4, -0.2) is 130 Å². The fourth-order valence-corrected chi connectivity index (χ4v) is 4.67. The van der Waals surface area contributed by atoms with Gasteiger partial charge in [-0.15, -0.1) is 0 Å². The molecule has 1 fully saturated rings. The number of hydrogen-bond acceptors (Lipinski definition) is 12. The zero-order chi connectivity index (χ0) is 32.9. The quantitative estimate of drug-likeness (QED) is 0.123. The summed E-state index contributed by atoms with van der Waals surface area (Å²) in [5.74, 6) is -1.04. The Morgan fingerprint density at radius 2 is 1.33 bits per heavy atom. The summed E-state index contributed by atoms with van der Waals surface area (Å²) in [6, 6.07) is 0. The Hall–Kier alpha value is -1.38. The van der Waals surface area contributed by atoms with Gasteiger partial charge in [0.05, 0.1) is 93.0 Å². The van der Waals surface area contributed by atoms with E-state index in [0.717, 1.165) is 12.8 Å². The average Bonchev–Trinajstić information content (AvgIpc) is 3.05. The molecule has 0 aromatic carbocycles. The molecular weight excluding hydrogens is 588 g/mol. The fourth-order valence-electron chi connectivity index (χ4n) is 4.67. The highest BCUT2D eigenvalue weighted by atomic mass is 16.6. The van der Waals surface area contributed by atoms with Crippen LogP contribution in [0.5, 0.6) is 0 Å². The Morgan fingerprint density at radius 3 is 2.02 bits per heavy atom. The van der Waals surface area contributed by atoms with Crippen molar-refractivity contribution in [3.8, 4) is 0 Å². The molecule has 45 heavy (non-hydrogen) atoms. The maximum Gasteiger partial charge on any atom is 0.331 e. The molecule has 1 saturated heterocycles. The normalized spacial score (nSPS) is 21.4. The van der Waals surface area contributed by atoms with E-state index in [4.69, 9.17) is 37.9 Å². The lowest BCUT2D eigenvalue weighted by atomic mass is 10.0. The van der Waals surface area contributed by atoms with Gasteiger partial charge < -0.3 is 47.4 Å². The van der Waals surface area contributed by atoms with Gasteiger partial charge in [-0.25, -0.2) is 9.59 Å². The molecule has 266 valence electrons. The highest BCUT2D eigenvalue weighted by molar-refractivity contribution is 5.70. The predicted octanol–water partition coefficient (Wildman–Crippen LogP) is 4.29. The molecular formula is C33H62O12. The van der Waals surface area contributed by atoms with Gasteiger partial charge in [-0.1, -0.05) is 71.1 Å². The summed E-state index contributed by atoms with van der Waals surface area (Å²) in [6.07, 6.45) is 13.3. The van der Waals surface area contributed by atoms with Gasteiger partial charge in [-0.2, -0.15) is 0 Å². The molecule has 0 aliphatic carbocycles. The van der Waals surface area contributed by atoms with Gasteiger partial charge in [0.25, 0.3) is 0 Å². The van der Waals surface area contributed by atoms with E-state index >= 15 is 0 Å². The van der Waals surface area contributed by atoms with E-state index in [1.165, 1.54) is 72.0 Å². The number of methoxy groups -OCH3 is 2. The Balaban J connectivity index is 2.53. The zero-order valence-corrected chi connectivity index (χ0v) is 28.5. The van der Waals surface area contributed by atoms with E-state index in [1.54, 1.807) is 0 Å². The summed E-state index contributed by atoms with van der Waals surface area (Å²) in [6.45, 7) is 7.41. The Bertz CT molecular complexity index is 709. The Kier molecular flexibility index (Phi) is 26.7. The van der Waals surface area contributed by atoms with Gasteiger partial charge in [-0.3, -0.25) is 0 Å². The first-order valence-corrected chi connectivity index (χ1v) is 16.8. The highest BCUT2D eigenvalue weighted by Gasteiger charge is 2.27. The van der Waals surface area contributed by atoms with Crippen molar-refractivity contribution in [1.82, 2.24) is 0 Å². The van der Waals surface area contributed by atoms with Crippen LogP contribution >= 0.6 is 0 Å². The summed E-state index contributed by atoms with van der Waals surface area (Å²) in [5, 5.41) is 0. The van der Waals surface area contributed by atoms with E-state index in [1.807, 2.05) is 6.92 Å². The van der Waals surface area contributed by atoms with Crippen LogP contribution in [0.3, 0.4) is 0 Å². The van der Waals surface area contributed by atoms with Gasteiger partial charge in [0.1, 0.15) is 24.9 Å². The van der Waals surface area contributed by atoms with E-state index in [0.29, 0.717) is 46.2 Å². The van der Waals surface area contributed by atoms with Crippen LogP contribution in [0.4, 0.5) is 0 Å². The molecule has 1 aliphatic heterocycles. The molecule has 1 aliphatic rings. The minimum atomic E-state index is -0.772. The van der Waals surface area contributed by atoms with Crippen LogP contribution in [0, 0.1) is 0 Å². The highest BCUT2D eigenvalue weighted by Crippen LogP contribution is 2.16. The van der Waals surface area contributed by atoms with E-state index < -0.39 is 23.6 Å². The van der Waals surface area contributed by atoms with E-state index in [9.17, 15) is 9.59 Å². The third-order valence-electron chi connectivity index (χ3n) is 7.35. The molecule has 0 aromatic rings. The van der Waals surface area contributed by atoms with Crippen molar-refractivity contribution in [2.45, 2.75) is 102 Å². The largest absolute Gasteiger partial charge is 0.467 e. The Labute approximate surface area is 271 Å². The van der Waals surface area contributed by atoms with E-state index in [-0.39, 0.29) is 45.7 Å². The molecule has 0 saturated carbocycles. The van der Waals surface area contributed by atoms with Crippen molar-refractivity contribution in [1.29, 1.82) is 0 Å². The lowest BCUT2D eigenvalue weighted by Gasteiger charge is -2.30. The maximum atomic E-state index is 11.6. The lowest BCUT2D eigenvalue weighted by molar-refractivity contribution is -0.162. The van der Waals surface area contributed by atoms with Crippen molar-refractivity contribution >= 4 is 11.9 Å². The van der Waals surface area contributed by atoms with Crippen molar-refractivity contribution in [2.24, 2.45) is 0 Å². The standard InChI is InChI=1S/C33H62O12/c1-5-6-7-8-9-10-11-12-13-14-15-29-22-39-18-16-38-17-19-40-27-33(2,45-21-20-43-29)28-42-24-30(44-26-32(35)37-4)23-41-25-31(34)36-3/h29-30H,5-28H2,1-4H3. The minimum absolute atomic E-state index is 0.00392. The summed E-state index contributed by atoms with van der Waals surface area (Å²) in [7, 11) is 2.56. The molecule has 1 rings (SSSR count). The fraction of sp³-hybridized carbons (Fsp3) is 0.939. The van der Waals surface area contributed by atoms with Crippen molar-refractivity contribution < 1.29 is 57.0 Å². The first-order chi connectivity index (χ1) is 21.9. The molecule has 0 amide bonds. The average molecular weight is 651 g/mol. The van der Waals surface area contributed by atoms with Crippen LogP contribution in [0.25, 0.3) is 0 Å². The van der Waals surface area contributed by atoms with Crippen LogP contribution in [-0.2, 0) is 57.0 Å². The lowest BCUT2D eigenvalue weighted by Crippen LogP contribution is -2.42. The topological polar surface area (TPSA) is 126 Å². The number of rotatable bonds is 22. The van der Waals surface area contributed by atoms with Crippen molar-refractivity contribution in [3.63, 3.8) is 0 Å². The first kappa shape index (κ1) is 41.6.